The highest BCUT2D eigenvalue weighted by Gasteiger charge is 2.21. The van der Waals surface area contributed by atoms with Gasteiger partial charge in [-0.3, -0.25) is 9.59 Å². The summed E-state index contributed by atoms with van der Waals surface area (Å²) in [6, 6.07) is -0.425. The first-order valence-electron chi connectivity index (χ1n) is 12.1. The number of rotatable bonds is 18. The van der Waals surface area contributed by atoms with Crippen LogP contribution in [0.5, 0.6) is 0 Å². The summed E-state index contributed by atoms with van der Waals surface area (Å²) in [4.78, 5) is 27.1. The molecule has 0 aromatic heterocycles. The van der Waals surface area contributed by atoms with Crippen molar-refractivity contribution in [2.24, 2.45) is 0 Å². The van der Waals surface area contributed by atoms with Gasteiger partial charge in [-0.25, -0.2) is 0 Å². The summed E-state index contributed by atoms with van der Waals surface area (Å²) in [6.45, 7) is 9.00. The zero-order valence-electron chi connectivity index (χ0n) is 20.4. The fraction of sp³-hybridized carbons (Fsp3) is 0.917. The van der Waals surface area contributed by atoms with Crippen molar-refractivity contribution in [1.29, 1.82) is 0 Å². The number of carbonyl (C=O) groups is 2. The number of amides is 2. The van der Waals surface area contributed by atoms with Gasteiger partial charge in [0.25, 0.3) is 0 Å². The van der Waals surface area contributed by atoms with Crippen LogP contribution in [0.15, 0.2) is 0 Å². The average molecular weight is 413 g/mol. The van der Waals surface area contributed by atoms with E-state index in [9.17, 15) is 9.59 Å². The van der Waals surface area contributed by atoms with Gasteiger partial charge in [-0.05, 0) is 39.0 Å². The molecule has 1 atom stereocenters. The minimum atomic E-state index is -0.425. The number of carbonyl (C=O) groups excluding carboxylic acids is 2. The van der Waals surface area contributed by atoms with E-state index in [-0.39, 0.29) is 11.8 Å². The van der Waals surface area contributed by atoms with Crippen LogP contribution in [0, 0.1) is 0 Å². The van der Waals surface area contributed by atoms with Crippen LogP contribution in [0.2, 0.25) is 0 Å². The Morgan fingerprint density at radius 2 is 1.31 bits per heavy atom. The van der Waals surface area contributed by atoms with Gasteiger partial charge < -0.3 is 14.7 Å². The fourth-order valence-corrected chi connectivity index (χ4v) is 3.49. The molecule has 0 aliphatic rings. The van der Waals surface area contributed by atoms with Gasteiger partial charge in [-0.2, -0.15) is 0 Å². The molecular weight excluding hydrogens is 362 g/mol. The minimum absolute atomic E-state index is 0.00742. The lowest BCUT2D eigenvalue weighted by Crippen LogP contribution is -2.47. The topological polar surface area (TPSA) is 49.4 Å². The standard InChI is InChI=1S/C24H49N3O2/c1-7-9-11-15-19-26(20-16-12-10-8-2)24(29)22(3)25-23(28)18-14-13-17-21-27(4,5)6/h22H,7-21H2,1-6H3/p+1/t22-/m0/s1. The second kappa shape index (κ2) is 16.7. The summed E-state index contributed by atoms with van der Waals surface area (Å²) in [6.07, 6.45) is 12.9. The van der Waals surface area contributed by atoms with Crippen LogP contribution in [0.1, 0.15) is 97.8 Å². The van der Waals surface area contributed by atoms with Crippen LogP contribution in [-0.2, 0) is 9.59 Å². The smallest absolute Gasteiger partial charge is 0.244 e. The third kappa shape index (κ3) is 16.4. The molecule has 0 saturated carbocycles. The summed E-state index contributed by atoms with van der Waals surface area (Å²) in [7, 11) is 6.57. The molecular formula is C24H50N3O2+. The summed E-state index contributed by atoms with van der Waals surface area (Å²) in [5, 5.41) is 2.94. The van der Waals surface area contributed by atoms with Crippen molar-refractivity contribution >= 4 is 11.8 Å². The second-order valence-electron chi connectivity index (χ2n) is 9.56. The third-order valence-corrected chi connectivity index (χ3v) is 5.36. The first-order valence-corrected chi connectivity index (χ1v) is 12.1. The summed E-state index contributed by atoms with van der Waals surface area (Å²) < 4.78 is 0.962. The Hall–Kier alpha value is -1.10. The largest absolute Gasteiger partial charge is 0.345 e. The van der Waals surface area contributed by atoms with Crippen LogP contribution >= 0.6 is 0 Å². The van der Waals surface area contributed by atoms with Crippen molar-refractivity contribution in [2.45, 2.75) is 104 Å². The van der Waals surface area contributed by atoms with E-state index >= 15 is 0 Å². The van der Waals surface area contributed by atoms with Gasteiger partial charge in [-0.15, -0.1) is 0 Å². The highest BCUT2D eigenvalue weighted by Crippen LogP contribution is 2.08. The van der Waals surface area contributed by atoms with E-state index in [2.05, 4.69) is 40.3 Å². The fourth-order valence-electron chi connectivity index (χ4n) is 3.49. The zero-order chi connectivity index (χ0) is 22.1. The van der Waals surface area contributed by atoms with E-state index in [0.29, 0.717) is 6.42 Å². The number of hydrogen-bond acceptors (Lipinski definition) is 2. The number of hydrogen-bond donors (Lipinski definition) is 1. The van der Waals surface area contributed by atoms with Gasteiger partial charge >= 0.3 is 0 Å². The van der Waals surface area contributed by atoms with E-state index in [1.807, 2.05) is 11.8 Å². The molecule has 5 heteroatoms. The van der Waals surface area contributed by atoms with Crippen molar-refractivity contribution < 1.29 is 14.1 Å². The molecule has 0 unspecified atom stereocenters. The molecule has 0 rings (SSSR count). The Labute approximate surface area is 181 Å². The molecule has 0 bridgehead atoms. The summed E-state index contributed by atoms with van der Waals surface area (Å²) in [5.41, 5.74) is 0. The van der Waals surface area contributed by atoms with E-state index < -0.39 is 6.04 Å². The molecule has 0 aromatic carbocycles. The highest BCUT2D eigenvalue weighted by atomic mass is 16.2. The van der Waals surface area contributed by atoms with Crippen molar-refractivity contribution in [3.63, 3.8) is 0 Å². The monoisotopic (exact) mass is 412 g/mol. The maximum atomic E-state index is 12.9. The van der Waals surface area contributed by atoms with Crippen molar-refractivity contribution in [2.75, 3.05) is 40.8 Å². The average Bonchev–Trinajstić information content (AvgIpc) is 2.65. The lowest BCUT2D eigenvalue weighted by molar-refractivity contribution is -0.870. The van der Waals surface area contributed by atoms with Gasteiger partial charge in [0, 0.05) is 19.5 Å². The molecule has 0 aliphatic carbocycles. The SMILES string of the molecule is CCCCCCN(CCCCCC)C(=O)[C@H](C)NC(=O)CCCCC[N+](C)(C)C. The van der Waals surface area contributed by atoms with Crippen LogP contribution in [0.4, 0.5) is 0 Å². The first kappa shape index (κ1) is 27.9. The quantitative estimate of drug-likeness (QED) is 0.261. The van der Waals surface area contributed by atoms with E-state index in [0.717, 1.165) is 56.2 Å². The minimum Gasteiger partial charge on any atom is -0.345 e. The van der Waals surface area contributed by atoms with Gasteiger partial charge in [-0.1, -0.05) is 52.4 Å². The molecule has 29 heavy (non-hydrogen) atoms. The Morgan fingerprint density at radius 1 is 0.793 bits per heavy atom. The lowest BCUT2D eigenvalue weighted by Gasteiger charge is -2.26. The van der Waals surface area contributed by atoms with Gasteiger partial charge in [0.05, 0.1) is 27.7 Å². The van der Waals surface area contributed by atoms with Gasteiger partial charge in [0.1, 0.15) is 6.04 Å². The van der Waals surface area contributed by atoms with Crippen LogP contribution < -0.4 is 5.32 Å². The van der Waals surface area contributed by atoms with Crippen LogP contribution in [0.25, 0.3) is 0 Å². The lowest BCUT2D eigenvalue weighted by atomic mass is 10.1. The maximum absolute atomic E-state index is 12.9. The number of nitrogens with one attached hydrogen (secondary N) is 1. The Morgan fingerprint density at radius 3 is 1.79 bits per heavy atom. The van der Waals surface area contributed by atoms with Crippen molar-refractivity contribution in [3.8, 4) is 0 Å². The van der Waals surface area contributed by atoms with E-state index in [1.165, 1.54) is 38.5 Å². The molecule has 0 saturated heterocycles. The first-order chi connectivity index (χ1) is 13.7. The van der Waals surface area contributed by atoms with Crippen LogP contribution in [0.3, 0.4) is 0 Å². The molecule has 0 radical (unpaired) electrons. The maximum Gasteiger partial charge on any atom is 0.244 e. The predicted octanol–water partition coefficient (Wildman–Crippen LogP) is 4.75. The Kier molecular flexibility index (Phi) is 16.0. The Balaban J connectivity index is 4.34. The highest BCUT2D eigenvalue weighted by molar-refractivity contribution is 5.87. The number of quaternary nitrogens is 1. The van der Waals surface area contributed by atoms with Crippen molar-refractivity contribution in [3.05, 3.63) is 0 Å². The van der Waals surface area contributed by atoms with Gasteiger partial charge in [0.15, 0.2) is 0 Å². The third-order valence-electron chi connectivity index (χ3n) is 5.36. The Bertz CT molecular complexity index is 420. The second-order valence-corrected chi connectivity index (χ2v) is 9.56. The molecule has 0 aliphatic heterocycles. The normalized spacial score (nSPS) is 12.6. The predicted molar refractivity (Wildman–Crippen MR) is 124 cm³/mol. The molecule has 0 heterocycles. The molecule has 5 nitrogen and oxygen atoms in total. The molecule has 2 amide bonds. The van der Waals surface area contributed by atoms with Gasteiger partial charge in [0.2, 0.25) is 11.8 Å². The van der Waals surface area contributed by atoms with E-state index in [1.54, 1.807) is 0 Å². The molecule has 1 N–H and O–H groups in total. The zero-order valence-corrected chi connectivity index (χ0v) is 20.4. The van der Waals surface area contributed by atoms with Crippen molar-refractivity contribution in [1.82, 2.24) is 10.2 Å². The molecule has 172 valence electrons. The van der Waals surface area contributed by atoms with E-state index in [4.69, 9.17) is 0 Å². The number of unbranched alkanes of at least 4 members (excludes halogenated alkanes) is 8. The summed E-state index contributed by atoms with van der Waals surface area (Å²) >= 11 is 0. The summed E-state index contributed by atoms with van der Waals surface area (Å²) in [5.74, 6) is 0.0874. The molecule has 0 spiro atoms. The molecule has 0 fully saturated rings. The number of nitrogens with zero attached hydrogens (tertiary/aromatic N) is 2. The van der Waals surface area contributed by atoms with Crippen LogP contribution in [-0.4, -0.2) is 68.0 Å². The molecule has 0 aromatic rings.